The summed E-state index contributed by atoms with van der Waals surface area (Å²) in [6, 6.07) is 0. The van der Waals surface area contributed by atoms with Crippen LogP contribution in [-0.4, -0.2) is 12.3 Å². The average molecular weight is 123 g/mol. The zero-order valence-electron chi connectivity index (χ0n) is 5.24. The number of hydrogen-bond donors (Lipinski definition) is 1. The molecule has 2 heteroatoms. The van der Waals surface area contributed by atoms with Gasteiger partial charge >= 0.3 is 0 Å². The number of carbonyl (C=O) groups excluding carboxylic acids is 1. The minimum absolute atomic E-state index is 0.110. The van der Waals surface area contributed by atoms with Crippen molar-refractivity contribution in [2.24, 2.45) is 0 Å². The Bertz CT molecular complexity index is 163. The quantitative estimate of drug-likeness (QED) is 0.478. The van der Waals surface area contributed by atoms with Crippen LogP contribution in [0.15, 0.2) is 24.4 Å². The maximum absolute atomic E-state index is 10.8. The second-order valence-corrected chi connectivity index (χ2v) is 2.06. The Morgan fingerprint density at radius 2 is 2.11 bits per heavy atom. The first-order valence-electron chi connectivity index (χ1n) is 2.87. The number of hydrogen-bond acceptors (Lipinski definition) is 2. The number of allylic oxidation sites excluding steroid dienone is 1. The first kappa shape index (κ1) is 6.08. The van der Waals surface area contributed by atoms with Gasteiger partial charge < -0.3 is 5.32 Å². The zero-order chi connectivity index (χ0) is 6.85. The van der Waals surface area contributed by atoms with Gasteiger partial charge in [0.1, 0.15) is 0 Å². The summed E-state index contributed by atoms with van der Waals surface area (Å²) in [7, 11) is 0. The number of piperidine rings is 1. The molecule has 1 fully saturated rings. The first-order valence-corrected chi connectivity index (χ1v) is 2.87. The Morgan fingerprint density at radius 3 is 2.56 bits per heavy atom. The summed E-state index contributed by atoms with van der Waals surface area (Å²) in [6.45, 7) is 7.88. The fourth-order valence-electron chi connectivity index (χ4n) is 0.753. The van der Waals surface area contributed by atoms with E-state index in [-0.39, 0.29) is 5.78 Å². The van der Waals surface area contributed by atoms with Crippen molar-refractivity contribution in [2.45, 2.75) is 6.42 Å². The van der Waals surface area contributed by atoms with E-state index in [0.717, 1.165) is 0 Å². The van der Waals surface area contributed by atoms with Crippen molar-refractivity contribution in [2.75, 3.05) is 6.54 Å². The Morgan fingerprint density at radius 1 is 1.44 bits per heavy atom. The second kappa shape index (κ2) is 2.05. The average Bonchev–Trinajstić information content (AvgIpc) is 1.83. The van der Waals surface area contributed by atoms with Gasteiger partial charge in [-0.2, -0.15) is 0 Å². The van der Waals surface area contributed by atoms with E-state index in [9.17, 15) is 4.79 Å². The van der Waals surface area contributed by atoms with Crippen molar-refractivity contribution < 1.29 is 4.79 Å². The summed E-state index contributed by atoms with van der Waals surface area (Å²) in [4.78, 5) is 10.8. The highest BCUT2D eigenvalue weighted by Gasteiger charge is 2.14. The maximum atomic E-state index is 10.8. The smallest absolute Gasteiger partial charge is 0.166 e. The van der Waals surface area contributed by atoms with E-state index in [4.69, 9.17) is 0 Å². The fraction of sp³-hybridized carbons (Fsp3) is 0.286. The summed E-state index contributed by atoms with van der Waals surface area (Å²) in [6.07, 6.45) is 0.553. The number of carbonyl (C=O) groups is 1. The van der Waals surface area contributed by atoms with Crippen LogP contribution in [0.1, 0.15) is 6.42 Å². The van der Waals surface area contributed by atoms with Crippen molar-refractivity contribution in [3.63, 3.8) is 0 Å². The predicted octanol–water partition coefficient (Wildman–Crippen LogP) is 0.619. The molecule has 0 atom stereocenters. The van der Waals surface area contributed by atoms with Crippen molar-refractivity contribution in [3.05, 3.63) is 24.4 Å². The number of rotatable bonds is 0. The lowest BCUT2D eigenvalue weighted by molar-refractivity contribution is -0.115. The monoisotopic (exact) mass is 123 g/mol. The van der Waals surface area contributed by atoms with E-state index in [1.54, 1.807) is 0 Å². The minimum Gasteiger partial charge on any atom is -0.384 e. The second-order valence-electron chi connectivity index (χ2n) is 2.06. The van der Waals surface area contributed by atoms with Crippen LogP contribution in [0.3, 0.4) is 0 Å². The van der Waals surface area contributed by atoms with Crippen molar-refractivity contribution in [1.29, 1.82) is 0 Å². The van der Waals surface area contributed by atoms with Crippen molar-refractivity contribution in [1.82, 2.24) is 5.32 Å². The molecule has 0 saturated carbocycles. The van der Waals surface area contributed by atoms with Crippen LogP contribution in [0.4, 0.5) is 0 Å². The molecule has 0 radical (unpaired) electrons. The third kappa shape index (κ3) is 1.02. The fourth-order valence-corrected chi connectivity index (χ4v) is 0.753. The lowest BCUT2D eigenvalue weighted by Gasteiger charge is -2.16. The lowest BCUT2D eigenvalue weighted by Crippen LogP contribution is -2.27. The van der Waals surface area contributed by atoms with Crippen LogP contribution >= 0.6 is 0 Å². The predicted molar refractivity (Wildman–Crippen MR) is 35.9 cm³/mol. The van der Waals surface area contributed by atoms with Gasteiger partial charge in [0, 0.05) is 24.2 Å². The molecule has 48 valence electrons. The molecule has 2 nitrogen and oxygen atoms in total. The normalized spacial score (nSPS) is 19.8. The molecular formula is C7H9NO. The van der Waals surface area contributed by atoms with Crippen LogP contribution in [0.2, 0.25) is 0 Å². The van der Waals surface area contributed by atoms with Gasteiger partial charge in [-0.1, -0.05) is 13.2 Å². The van der Waals surface area contributed by atoms with Crippen LogP contribution in [-0.2, 0) is 4.79 Å². The molecule has 1 saturated heterocycles. The molecule has 0 amide bonds. The molecule has 0 spiro atoms. The van der Waals surface area contributed by atoms with Gasteiger partial charge in [0.25, 0.3) is 0 Å². The molecule has 0 aliphatic carbocycles. The highest BCUT2D eigenvalue weighted by atomic mass is 16.1. The summed E-state index contributed by atoms with van der Waals surface area (Å²) >= 11 is 0. The summed E-state index contributed by atoms with van der Waals surface area (Å²) < 4.78 is 0. The standard InChI is InChI=1S/C7H9NO/c1-5-6(2)8-4-3-7(5)9/h8H,1-4H2. The van der Waals surface area contributed by atoms with Gasteiger partial charge in [-0.05, 0) is 0 Å². The molecule has 9 heavy (non-hydrogen) atoms. The first-order chi connectivity index (χ1) is 4.22. The SMILES string of the molecule is C=C1NCCC(=O)C1=C. The van der Waals surface area contributed by atoms with Crippen LogP contribution in [0.5, 0.6) is 0 Å². The molecule has 0 bridgehead atoms. The Hall–Kier alpha value is -1.05. The maximum Gasteiger partial charge on any atom is 0.166 e. The van der Waals surface area contributed by atoms with E-state index in [0.29, 0.717) is 24.2 Å². The number of nitrogens with one attached hydrogen (secondary N) is 1. The molecule has 0 unspecified atom stereocenters. The third-order valence-corrected chi connectivity index (χ3v) is 1.39. The molecule has 1 rings (SSSR count). The van der Waals surface area contributed by atoms with E-state index in [2.05, 4.69) is 18.5 Å². The van der Waals surface area contributed by atoms with Crippen LogP contribution < -0.4 is 5.32 Å². The zero-order valence-corrected chi connectivity index (χ0v) is 5.24. The Balaban J connectivity index is 2.74. The highest BCUT2D eigenvalue weighted by molar-refractivity contribution is 5.99. The summed E-state index contributed by atoms with van der Waals surface area (Å²) in [5.41, 5.74) is 1.20. The number of Topliss-reactive ketones (excluding diaryl/α,β-unsaturated/α-hetero) is 1. The minimum atomic E-state index is 0.110. The van der Waals surface area contributed by atoms with Gasteiger partial charge in [-0.3, -0.25) is 4.79 Å². The molecule has 0 aromatic rings. The van der Waals surface area contributed by atoms with Gasteiger partial charge in [0.15, 0.2) is 5.78 Å². The largest absolute Gasteiger partial charge is 0.384 e. The van der Waals surface area contributed by atoms with Crippen molar-refractivity contribution in [3.8, 4) is 0 Å². The topological polar surface area (TPSA) is 29.1 Å². The van der Waals surface area contributed by atoms with Gasteiger partial charge in [-0.15, -0.1) is 0 Å². The Kier molecular flexibility index (Phi) is 1.39. The molecular weight excluding hydrogens is 114 g/mol. The van der Waals surface area contributed by atoms with E-state index >= 15 is 0 Å². The number of ketones is 1. The third-order valence-electron chi connectivity index (χ3n) is 1.39. The van der Waals surface area contributed by atoms with E-state index in [1.165, 1.54) is 0 Å². The summed E-state index contributed by atoms with van der Waals surface area (Å²) in [5.74, 6) is 0.110. The van der Waals surface area contributed by atoms with Crippen LogP contribution in [0, 0.1) is 0 Å². The van der Waals surface area contributed by atoms with E-state index in [1.807, 2.05) is 0 Å². The van der Waals surface area contributed by atoms with Gasteiger partial charge in [0.05, 0.1) is 0 Å². The van der Waals surface area contributed by atoms with Gasteiger partial charge in [-0.25, -0.2) is 0 Å². The molecule has 1 aliphatic rings. The highest BCUT2D eigenvalue weighted by Crippen LogP contribution is 2.09. The summed E-state index contributed by atoms with van der Waals surface area (Å²) in [5, 5.41) is 2.95. The van der Waals surface area contributed by atoms with Crippen molar-refractivity contribution >= 4 is 5.78 Å². The van der Waals surface area contributed by atoms with Crippen LogP contribution in [0.25, 0.3) is 0 Å². The molecule has 1 heterocycles. The Labute approximate surface area is 54.3 Å². The molecule has 1 N–H and O–H groups in total. The molecule has 1 aliphatic heterocycles. The van der Waals surface area contributed by atoms with Gasteiger partial charge in [0.2, 0.25) is 0 Å². The molecule has 0 aromatic carbocycles. The molecule has 0 aromatic heterocycles. The lowest BCUT2D eigenvalue weighted by atomic mass is 10.0. The van der Waals surface area contributed by atoms with E-state index < -0.39 is 0 Å².